The molecular weight excluding hydrogens is 278 g/mol. The summed E-state index contributed by atoms with van der Waals surface area (Å²) in [7, 11) is 0. The molecule has 6 aliphatic rings. The van der Waals surface area contributed by atoms with E-state index in [0.29, 0.717) is 13.2 Å². The first-order valence-electron chi connectivity index (χ1n) is 6.85. The lowest BCUT2D eigenvalue weighted by molar-refractivity contribution is -0.221. The summed E-state index contributed by atoms with van der Waals surface area (Å²) in [5, 5.41) is 0. The second kappa shape index (κ2) is 4.08. The van der Waals surface area contributed by atoms with Crippen molar-refractivity contribution in [3.63, 3.8) is 0 Å². The van der Waals surface area contributed by atoms with E-state index in [4.69, 9.17) is 28.4 Å². The minimum atomic E-state index is -1.27. The Bertz CT molecular complexity index is 383. The highest BCUT2D eigenvalue weighted by molar-refractivity contribution is 5.07. The van der Waals surface area contributed by atoms with Crippen LogP contribution in [0.1, 0.15) is 0 Å². The van der Waals surface area contributed by atoms with Crippen LogP contribution in [0.5, 0.6) is 0 Å². The molecule has 6 rings (SSSR count). The highest BCUT2D eigenvalue weighted by Crippen LogP contribution is 2.45. The van der Waals surface area contributed by atoms with Crippen LogP contribution in [0.15, 0.2) is 0 Å². The fourth-order valence-electron chi connectivity index (χ4n) is 3.37. The molecular formula is C12H14F2O6. The Labute approximate surface area is 113 Å². The van der Waals surface area contributed by atoms with Gasteiger partial charge in [0.25, 0.3) is 0 Å². The molecule has 0 aromatic carbocycles. The average molecular weight is 292 g/mol. The average Bonchev–Trinajstić information content (AvgIpc) is 3.35. The minimum Gasteiger partial charge on any atom is -0.364 e. The summed E-state index contributed by atoms with van der Waals surface area (Å²) in [6, 6.07) is 0. The third-order valence-electron chi connectivity index (χ3n) is 4.52. The molecule has 0 spiro atoms. The van der Waals surface area contributed by atoms with Crippen LogP contribution in [0.3, 0.4) is 0 Å². The van der Waals surface area contributed by atoms with Crippen LogP contribution in [-0.4, -0.2) is 74.8 Å². The van der Waals surface area contributed by atoms with Gasteiger partial charge in [-0.3, -0.25) is 0 Å². The third-order valence-corrected chi connectivity index (χ3v) is 4.52. The lowest BCUT2D eigenvalue weighted by atomic mass is 10.2. The number of hydrogen-bond acceptors (Lipinski definition) is 6. The highest BCUT2D eigenvalue weighted by atomic mass is 19.2. The third kappa shape index (κ3) is 1.69. The number of fused-ring (bicyclic) bond motifs is 10. The van der Waals surface area contributed by atoms with Crippen molar-refractivity contribution in [2.45, 2.75) is 61.5 Å². The van der Waals surface area contributed by atoms with E-state index in [0.717, 1.165) is 0 Å². The zero-order valence-corrected chi connectivity index (χ0v) is 10.4. The topological polar surface area (TPSA) is 62.0 Å². The molecule has 0 N–H and O–H groups in total. The zero-order chi connectivity index (χ0) is 13.4. The van der Waals surface area contributed by atoms with Crippen LogP contribution in [0.4, 0.5) is 8.78 Å². The Morgan fingerprint density at radius 3 is 1.40 bits per heavy atom. The van der Waals surface area contributed by atoms with Crippen LogP contribution in [-0.2, 0) is 28.4 Å². The Morgan fingerprint density at radius 1 is 0.550 bits per heavy atom. The normalized spacial score (nSPS) is 63.9. The van der Waals surface area contributed by atoms with Gasteiger partial charge in [-0.15, -0.1) is 0 Å². The van der Waals surface area contributed by atoms with Gasteiger partial charge in [0.05, 0.1) is 13.2 Å². The molecule has 10 atom stereocenters. The maximum atomic E-state index is 12.7. The predicted molar refractivity (Wildman–Crippen MR) is 56.3 cm³/mol. The van der Waals surface area contributed by atoms with E-state index in [9.17, 15) is 8.78 Å². The van der Waals surface area contributed by atoms with E-state index in [1.807, 2.05) is 0 Å². The molecule has 0 unspecified atom stereocenters. The van der Waals surface area contributed by atoms with Gasteiger partial charge in [0.2, 0.25) is 12.7 Å². The molecule has 8 heteroatoms. The van der Waals surface area contributed by atoms with Crippen molar-refractivity contribution in [2.75, 3.05) is 13.2 Å². The Hall–Kier alpha value is -0.380. The van der Waals surface area contributed by atoms with Crippen LogP contribution < -0.4 is 0 Å². The van der Waals surface area contributed by atoms with Crippen LogP contribution in [0.2, 0.25) is 0 Å². The Morgan fingerprint density at radius 2 is 1.00 bits per heavy atom. The maximum Gasteiger partial charge on any atom is 0.228 e. The molecule has 112 valence electrons. The number of rotatable bonds is 0. The van der Waals surface area contributed by atoms with Crippen molar-refractivity contribution in [1.82, 2.24) is 0 Å². The largest absolute Gasteiger partial charge is 0.364 e. The molecule has 0 aromatic rings. The summed E-state index contributed by atoms with van der Waals surface area (Å²) in [6.07, 6.45) is -3.18. The number of halogens is 2. The first kappa shape index (κ1) is 12.2. The molecule has 4 bridgehead atoms. The maximum absolute atomic E-state index is 12.7. The fourth-order valence-corrected chi connectivity index (χ4v) is 3.37. The van der Waals surface area contributed by atoms with Gasteiger partial charge in [0, 0.05) is 0 Å². The fraction of sp³-hybridized carbons (Fsp3) is 1.00. The SMILES string of the molecule is F[C@H]1OC[C@H]2O[C@@H]1[C@@H]1O[C@@H]12.F[C@H]1OC[C@H]2O[C@@H]1[C@@H]1O[C@@H]12. The van der Waals surface area contributed by atoms with Gasteiger partial charge >= 0.3 is 0 Å². The second-order valence-corrected chi connectivity index (χ2v) is 5.78. The first-order chi connectivity index (χ1) is 9.72. The van der Waals surface area contributed by atoms with E-state index in [2.05, 4.69) is 0 Å². The number of ether oxygens (including phenoxy) is 6. The molecule has 6 nitrogen and oxygen atoms in total. The van der Waals surface area contributed by atoms with Crippen LogP contribution in [0, 0.1) is 0 Å². The molecule has 6 saturated heterocycles. The summed E-state index contributed by atoms with van der Waals surface area (Å²) < 4.78 is 55.8. The van der Waals surface area contributed by atoms with Crippen molar-refractivity contribution in [2.24, 2.45) is 0 Å². The smallest absolute Gasteiger partial charge is 0.228 e. The summed E-state index contributed by atoms with van der Waals surface area (Å²) in [6.45, 7) is 0.692. The Kier molecular flexibility index (Phi) is 2.49. The molecule has 0 aliphatic carbocycles. The second-order valence-electron chi connectivity index (χ2n) is 5.78. The van der Waals surface area contributed by atoms with E-state index in [-0.39, 0.29) is 36.6 Å². The van der Waals surface area contributed by atoms with Gasteiger partial charge in [-0.05, 0) is 0 Å². The van der Waals surface area contributed by atoms with Crippen molar-refractivity contribution >= 4 is 0 Å². The Balaban J connectivity index is 0.0000000960. The van der Waals surface area contributed by atoms with Gasteiger partial charge in [-0.25, -0.2) is 8.78 Å². The zero-order valence-electron chi connectivity index (χ0n) is 10.4. The van der Waals surface area contributed by atoms with Gasteiger partial charge in [-0.2, -0.15) is 0 Å². The van der Waals surface area contributed by atoms with E-state index in [1.165, 1.54) is 0 Å². The van der Waals surface area contributed by atoms with Crippen molar-refractivity contribution < 1.29 is 37.2 Å². The molecule has 20 heavy (non-hydrogen) atoms. The van der Waals surface area contributed by atoms with E-state index in [1.54, 1.807) is 0 Å². The molecule has 6 aliphatic heterocycles. The van der Waals surface area contributed by atoms with Crippen LogP contribution >= 0.6 is 0 Å². The van der Waals surface area contributed by atoms with Gasteiger partial charge in [0.15, 0.2) is 0 Å². The highest BCUT2D eigenvalue weighted by Gasteiger charge is 2.64. The minimum absolute atomic E-state index is 0.00185. The van der Waals surface area contributed by atoms with Crippen molar-refractivity contribution in [1.29, 1.82) is 0 Å². The summed E-state index contributed by atoms with van der Waals surface area (Å²) in [5.74, 6) is 0. The molecule has 0 amide bonds. The predicted octanol–water partition coefficient (Wildman–Crippen LogP) is -0.306. The van der Waals surface area contributed by atoms with Gasteiger partial charge in [0.1, 0.15) is 48.8 Å². The lowest BCUT2D eigenvalue weighted by Crippen LogP contribution is -2.39. The van der Waals surface area contributed by atoms with Crippen molar-refractivity contribution in [3.05, 3.63) is 0 Å². The first-order valence-corrected chi connectivity index (χ1v) is 6.85. The summed E-state index contributed by atoms with van der Waals surface area (Å²) in [4.78, 5) is 0. The number of epoxide rings is 2. The van der Waals surface area contributed by atoms with Crippen molar-refractivity contribution in [3.8, 4) is 0 Å². The van der Waals surface area contributed by atoms with Gasteiger partial charge < -0.3 is 28.4 Å². The summed E-state index contributed by atoms with van der Waals surface area (Å²) >= 11 is 0. The quantitative estimate of drug-likeness (QED) is 0.571. The number of hydrogen-bond donors (Lipinski definition) is 0. The van der Waals surface area contributed by atoms with E-state index < -0.39 is 24.9 Å². The molecule has 6 fully saturated rings. The molecule has 6 heterocycles. The molecule has 0 aromatic heterocycles. The van der Waals surface area contributed by atoms with Crippen LogP contribution in [0.25, 0.3) is 0 Å². The summed E-state index contributed by atoms with van der Waals surface area (Å²) in [5.41, 5.74) is 0. The lowest BCUT2D eigenvalue weighted by Gasteiger charge is -2.26. The molecule has 0 radical (unpaired) electrons. The molecule has 0 saturated carbocycles. The number of alkyl halides is 2. The standard InChI is InChI=1S/2C6H7FO3/c2*7-6-5-4-3(10-4)2(9-5)1-8-6/h2*2-6H,1H2/t2*2-,3-,4-,5-,6+/m11/s1. The van der Waals surface area contributed by atoms with E-state index >= 15 is 0 Å². The van der Waals surface area contributed by atoms with Gasteiger partial charge in [-0.1, -0.05) is 0 Å². The monoisotopic (exact) mass is 292 g/mol.